The summed E-state index contributed by atoms with van der Waals surface area (Å²) in [7, 11) is 1.58. The Hall–Kier alpha value is -3.07. The summed E-state index contributed by atoms with van der Waals surface area (Å²) in [5.41, 5.74) is 6.10. The van der Waals surface area contributed by atoms with Gasteiger partial charge in [0.2, 0.25) is 0 Å². The zero-order chi connectivity index (χ0) is 21.3. The van der Waals surface area contributed by atoms with Crippen molar-refractivity contribution in [2.75, 3.05) is 0 Å². The van der Waals surface area contributed by atoms with Crippen molar-refractivity contribution >= 4 is 23.2 Å². The number of hydrogen-bond donors (Lipinski definition) is 2. The molecule has 0 aliphatic heterocycles. The number of nitrogens with one attached hydrogen (secondary N) is 2. The molecule has 0 spiro atoms. The zero-order valence-electron chi connectivity index (χ0n) is 16.3. The topological polar surface area (TPSA) is 76.0 Å². The summed E-state index contributed by atoms with van der Waals surface area (Å²) in [5, 5.41) is 4.11. The van der Waals surface area contributed by atoms with Gasteiger partial charge in [-0.2, -0.15) is 5.10 Å². The fourth-order valence-electron chi connectivity index (χ4n) is 3.56. The lowest BCUT2D eigenvalue weighted by atomic mass is 10.1. The van der Waals surface area contributed by atoms with E-state index in [1.807, 2.05) is 6.07 Å². The van der Waals surface area contributed by atoms with E-state index < -0.39 is 23.4 Å². The van der Waals surface area contributed by atoms with Crippen molar-refractivity contribution in [3.8, 4) is 11.3 Å². The van der Waals surface area contributed by atoms with Crippen molar-refractivity contribution in [1.82, 2.24) is 20.6 Å². The lowest BCUT2D eigenvalue weighted by Gasteiger charge is -2.07. The summed E-state index contributed by atoms with van der Waals surface area (Å²) in [6, 6.07) is 4.93. The highest BCUT2D eigenvalue weighted by Gasteiger charge is 2.22. The molecule has 0 unspecified atom stereocenters. The molecule has 0 radical (unpaired) electrons. The van der Waals surface area contributed by atoms with Crippen LogP contribution >= 0.6 is 11.3 Å². The number of halogens is 2. The number of fused-ring (bicyclic) bond motifs is 1. The molecule has 30 heavy (non-hydrogen) atoms. The predicted octanol–water partition coefficient (Wildman–Crippen LogP) is 3.77. The van der Waals surface area contributed by atoms with Gasteiger partial charge in [0.05, 0.1) is 10.4 Å². The van der Waals surface area contributed by atoms with Crippen LogP contribution in [0.25, 0.3) is 11.3 Å². The van der Waals surface area contributed by atoms with Gasteiger partial charge in [-0.25, -0.2) is 8.78 Å². The predicted molar refractivity (Wildman–Crippen MR) is 109 cm³/mol. The molecule has 0 saturated carbocycles. The Morgan fingerprint density at radius 2 is 1.83 bits per heavy atom. The van der Waals surface area contributed by atoms with Crippen LogP contribution in [0.3, 0.4) is 0 Å². The molecule has 9 heteroatoms. The smallest absolute Gasteiger partial charge is 0.274 e. The number of hydrazine groups is 1. The van der Waals surface area contributed by atoms with Crippen LogP contribution in [0.15, 0.2) is 30.5 Å². The minimum absolute atomic E-state index is 0.00419. The average Bonchev–Trinajstić information content (AvgIpc) is 3.23. The quantitative estimate of drug-likeness (QED) is 0.491. The van der Waals surface area contributed by atoms with Gasteiger partial charge in [0.25, 0.3) is 11.8 Å². The van der Waals surface area contributed by atoms with Crippen molar-refractivity contribution in [2.45, 2.75) is 32.1 Å². The highest BCUT2D eigenvalue weighted by atomic mass is 32.1. The molecule has 2 amide bonds. The van der Waals surface area contributed by atoms with Crippen molar-refractivity contribution in [3.63, 3.8) is 0 Å². The molecule has 156 valence electrons. The monoisotopic (exact) mass is 430 g/mol. The summed E-state index contributed by atoms with van der Waals surface area (Å²) in [4.78, 5) is 26.9. The van der Waals surface area contributed by atoms with E-state index in [-0.39, 0.29) is 16.8 Å². The van der Waals surface area contributed by atoms with Crippen LogP contribution in [0.4, 0.5) is 8.78 Å². The number of carbonyl (C=O) groups is 2. The number of amides is 2. The number of thiophene rings is 1. The summed E-state index contributed by atoms with van der Waals surface area (Å²) >= 11 is 1.45. The van der Waals surface area contributed by atoms with Gasteiger partial charge in [-0.05, 0) is 49.4 Å². The number of aryl methyl sites for hydroxylation is 3. The fourth-order valence-corrected chi connectivity index (χ4v) is 4.71. The molecule has 6 nitrogen and oxygen atoms in total. The normalized spacial score (nSPS) is 13.4. The average molecular weight is 430 g/mol. The number of carbonyl (C=O) groups excluding carboxylic acids is 2. The maximum Gasteiger partial charge on any atom is 0.279 e. The van der Waals surface area contributed by atoms with Crippen molar-refractivity contribution in [1.29, 1.82) is 0 Å². The Morgan fingerprint density at radius 1 is 1.07 bits per heavy atom. The molecular formula is C21H20F2N4O2S. The summed E-state index contributed by atoms with van der Waals surface area (Å²) in [5.74, 6) is -2.60. The molecular weight excluding hydrogens is 410 g/mol. The van der Waals surface area contributed by atoms with Crippen LogP contribution in [-0.2, 0) is 19.9 Å². The number of hydrogen-bond acceptors (Lipinski definition) is 4. The molecule has 2 N–H and O–H groups in total. The first-order chi connectivity index (χ1) is 14.4. The van der Waals surface area contributed by atoms with E-state index in [2.05, 4.69) is 16.0 Å². The largest absolute Gasteiger partial charge is 0.279 e. The Kier molecular flexibility index (Phi) is 5.63. The van der Waals surface area contributed by atoms with Crippen LogP contribution in [-0.4, -0.2) is 21.6 Å². The van der Waals surface area contributed by atoms with Crippen LogP contribution in [0.2, 0.25) is 0 Å². The van der Waals surface area contributed by atoms with E-state index in [1.165, 1.54) is 45.1 Å². The number of rotatable bonds is 3. The van der Waals surface area contributed by atoms with Crippen molar-refractivity contribution < 1.29 is 18.4 Å². The van der Waals surface area contributed by atoms with Crippen molar-refractivity contribution in [2.24, 2.45) is 7.05 Å². The highest BCUT2D eigenvalue weighted by molar-refractivity contribution is 7.14. The molecule has 1 aromatic carbocycles. The summed E-state index contributed by atoms with van der Waals surface area (Å²) < 4.78 is 28.7. The van der Waals surface area contributed by atoms with E-state index in [0.717, 1.165) is 37.8 Å². The Morgan fingerprint density at radius 3 is 2.63 bits per heavy atom. The maximum absolute atomic E-state index is 14.2. The van der Waals surface area contributed by atoms with Gasteiger partial charge in [-0.1, -0.05) is 6.42 Å². The second kappa shape index (κ2) is 8.35. The Bertz CT molecular complexity index is 1100. The molecule has 3 aromatic rings. The lowest BCUT2D eigenvalue weighted by molar-refractivity contribution is 0.0849. The third-order valence-electron chi connectivity index (χ3n) is 5.02. The van der Waals surface area contributed by atoms with Crippen LogP contribution < -0.4 is 10.9 Å². The minimum atomic E-state index is -0.827. The first-order valence-corrected chi connectivity index (χ1v) is 10.5. The van der Waals surface area contributed by atoms with Crippen molar-refractivity contribution in [3.05, 3.63) is 63.0 Å². The van der Waals surface area contributed by atoms with Gasteiger partial charge in [-0.3, -0.25) is 25.1 Å². The second-order valence-corrected chi connectivity index (χ2v) is 8.35. The highest BCUT2D eigenvalue weighted by Crippen LogP contribution is 2.29. The van der Waals surface area contributed by atoms with Gasteiger partial charge < -0.3 is 0 Å². The van der Waals surface area contributed by atoms with Crippen LogP contribution in [0.1, 0.15) is 49.7 Å². The second-order valence-electron chi connectivity index (χ2n) is 7.22. The zero-order valence-corrected chi connectivity index (χ0v) is 17.1. The molecule has 0 saturated heterocycles. The van der Waals surface area contributed by atoms with Gasteiger partial charge in [0.15, 0.2) is 0 Å². The van der Waals surface area contributed by atoms with E-state index in [1.54, 1.807) is 7.05 Å². The molecule has 0 atom stereocenters. The Balaban J connectivity index is 1.49. The molecule has 4 rings (SSSR count). The summed E-state index contributed by atoms with van der Waals surface area (Å²) in [6.45, 7) is 0. The minimum Gasteiger partial charge on any atom is -0.274 e. The lowest BCUT2D eigenvalue weighted by Crippen LogP contribution is -2.41. The first-order valence-electron chi connectivity index (χ1n) is 9.63. The van der Waals surface area contributed by atoms with E-state index >= 15 is 0 Å². The molecule has 1 aliphatic carbocycles. The number of benzene rings is 1. The van der Waals surface area contributed by atoms with E-state index in [4.69, 9.17) is 0 Å². The molecule has 0 fully saturated rings. The molecule has 2 heterocycles. The molecule has 0 bridgehead atoms. The van der Waals surface area contributed by atoms with Crippen LogP contribution in [0.5, 0.6) is 0 Å². The van der Waals surface area contributed by atoms with Gasteiger partial charge in [0, 0.05) is 29.8 Å². The van der Waals surface area contributed by atoms with Gasteiger partial charge in [-0.15, -0.1) is 11.3 Å². The van der Waals surface area contributed by atoms with Crippen LogP contribution in [0, 0.1) is 11.6 Å². The third-order valence-corrected chi connectivity index (χ3v) is 6.26. The fraction of sp³-hybridized carbons (Fsp3) is 0.286. The number of nitrogens with zero attached hydrogens (tertiary/aromatic N) is 2. The molecule has 2 aromatic heterocycles. The number of aromatic nitrogens is 2. The SMILES string of the molecule is Cn1cc(C(=O)NNC(=O)c2cc3c(s2)CCCCC3)c(-c2ccc(F)cc2F)n1. The Labute approximate surface area is 175 Å². The van der Waals surface area contributed by atoms with E-state index in [9.17, 15) is 18.4 Å². The maximum atomic E-state index is 14.2. The summed E-state index contributed by atoms with van der Waals surface area (Å²) in [6.07, 6.45) is 6.78. The first kappa shape index (κ1) is 20.2. The van der Waals surface area contributed by atoms with Gasteiger partial charge in [0.1, 0.15) is 17.3 Å². The van der Waals surface area contributed by atoms with E-state index in [0.29, 0.717) is 4.88 Å². The standard InChI is InChI=1S/C21H20F2N4O2S/c1-27-11-15(19(26-27)14-8-7-13(22)10-16(14)23)20(28)24-25-21(29)18-9-12-5-3-2-4-6-17(12)30-18/h7-11H,2-6H2,1H3,(H,24,28)(H,25,29). The molecule has 1 aliphatic rings. The van der Waals surface area contributed by atoms with Gasteiger partial charge >= 0.3 is 0 Å². The third kappa shape index (κ3) is 4.11.